The van der Waals surface area contributed by atoms with Gasteiger partial charge in [-0.1, -0.05) is 43.7 Å². The number of esters is 2. The second kappa shape index (κ2) is 12.4. The highest BCUT2D eigenvalue weighted by Crippen LogP contribution is 2.22. The predicted octanol–water partition coefficient (Wildman–Crippen LogP) is 3.02. The van der Waals surface area contributed by atoms with Crippen molar-refractivity contribution in [3.63, 3.8) is 0 Å². The van der Waals surface area contributed by atoms with Gasteiger partial charge in [0.25, 0.3) is 0 Å². The van der Waals surface area contributed by atoms with E-state index in [0.717, 1.165) is 12.0 Å². The van der Waals surface area contributed by atoms with Gasteiger partial charge < -0.3 is 14.2 Å². The van der Waals surface area contributed by atoms with E-state index in [4.69, 9.17) is 14.2 Å². The summed E-state index contributed by atoms with van der Waals surface area (Å²) >= 11 is 0. The van der Waals surface area contributed by atoms with Crippen LogP contribution in [-0.2, 0) is 23.8 Å². The first-order valence-corrected chi connectivity index (χ1v) is 9.34. The smallest absolute Gasteiger partial charge is 0.337 e. The molecule has 1 N–H and O–H groups in total. The topological polar surface area (TPSA) is 73.9 Å². The molecule has 6 heteroatoms. The van der Waals surface area contributed by atoms with Gasteiger partial charge in [-0.05, 0) is 32.8 Å². The molecule has 0 bridgehead atoms. The van der Waals surface area contributed by atoms with E-state index in [9.17, 15) is 9.59 Å². The molecule has 1 rings (SSSR count). The third-order valence-corrected chi connectivity index (χ3v) is 3.86. The van der Waals surface area contributed by atoms with Crippen molar-refractivity contribution in [2.75, 3.05) is 19.8 Å². The predicted molar refractivity (Wildman–Crippen MR) is 99.7 cm³/mol. The van der Waals surface area contributed by atoms with Gasteiger partial charge in [0.05, 0.1) is 19.3 Å². The van der Waals surface area contributed by atoms with Crippen LogP contribution in [0.15, 0.2) is 30.3 Å². The molecule has 0 fully saturated rings. The molecule has 0 spiro atoms. The number of benzene rings is 1. The monoisotopic (exact) mass is 365 g/mol. The first-order chi connectivity index (χ1) is 12.6. The number of ether oxygens (including phenoxy) is 3. The average molecular weight is 365 g/mol. The summed E-state index contributed by atoms with van der Waals surface area (Å²) in [5.74, 6) is -0.774. The molecule has 6 nitrogen and oxygen atoms in total. The molecule has 0 aromatic heterocycles. The summed E-state index contributed by atoms with van der Waals surface area (Å²) < 4.78 is 16.1. The number of hydrogen-bond acceptors (Lipinski definition) is 6. The molecule has 146 valence electrons. The van der Waals surface area contributed by atoms with Crippen LogP contribution >= 0.6 is 0 Å². The van der Waals surface area contributed by atoms with Crippen LogP contribution in [0.3, 0.4) is 0 Å². The van der Waals surface area contributed by atoms with Gasteiger partial charge in [-0.3, -0.25) is 10.1 Å². The first kappa shape index (κ1) is 22.1. The number of carbonyl (C=O) groups is 2. The lowest BCUT2D eigenvalue weighted by Crippen LogP contribution is -2.47. The van der Waals surface area contributed by atoms with E-state index in [-0.39, 0.29) is 12.6 Å². The van der Waals surface area contributed by atoms with E-state index >= 15 is 0 Å². The summed E-state index contributed by atoms with van der Waals surface area (Å²) in [7, 11) is 0. The Kier molecular flexibility index (Phi) is 10.6. The molecule has 0 unspecified atom stereocenters. The third kappa shape index (κ3) is 6.77. The Hall–Kier alpha value is -1.92. The normalized spacial score (nSPS) is 14.3. The van der Waals surface area contributed by atoms with Gasteiger partial charge >= 0.3 is 11.9 Å². The molecule has 0 aliphatic carbocycles. The fourth-order valence-corrected chi connectivity index (χ4v) is 2.74. The summed E-state index contributed by atoms with van der Waals surface area (Å²) in [4.78, 5) is 24.8. The largest absolute Gasteiger partial charge is 0.465 e. The fraction of sp³-hybridized carbons (Fsp3) is 0.600. The molecule has 3 atom stereocenters. The second-order valence-corrected chi connectivity index (χ2v) is 5.78. The summed E-state index contributed by atoms with van der Waals surface area (Å²) in [5, 5.41) is 3.28. The summed E-state index contributed by atoms with van der Waals surface area (Å²) in [5.41, 5.74) is 0.851. The average Bonchev–Trinajstić information content (AvgIpc) is 2.64. The van der Waals surface area contributed by atoms with Gasteiger partial charge in [0, 0.05) is 6.61 Å². The van der Waals surface area contributed by atoms with E-state index in [1.807, 2.05) is 44.2 Å². The zero-order valence-electron chi connectivity index (χ0n) is 16.2. The van der Waals surface area contributed by atoms with Crippen molar-refractivity contribution in [2.45, 2.75) is 58.7 Å². The lowest BCUT2D eigenvalue weighted by Gasteiger charge is -2.30. The Morgan fingerprint density at radius 2 is 1.54 bits per heavy atom. The van der Waals surface area contributed by atoms with Crippen molar-refractivity contribution in [3.8, 4) is 0 Å². The van der Waals surface area contributed by atoms with Crippen molar-refractivity contribution in [2.24, 2.45) is 0 Å². The van der Waals surface area contributed by atoms with Gasteiger partial charge in [0.1, 0.15) is 6.04 Å². The van der Waals surface area contributed by atoms with E-state index in [2.05, 4.69) is 5.32 Å². The van der Waals surface area contributed by atoms with Crippen molar-refractivity contribution in [1.29, 1.82) is 0 Å². The van der Waals surface area contributed by atoms with E-state index in [1.165, 1.54) is 0 Å². The molecule has 0 aliphatic heterocycles. The van der Waals surface area contributed by atoms with Crippen LogP contribution in [0, 0.1) is 0 Å². The van der Waals surface area contributed by atoms with Crippen LogP contribution in [0.25, 0.3) is 0 Å². The van der Waals surface area contributed by atoms with E-state index in [0.29, 0.717) is 19.6 Å². The molecule has 0 saturated carbocycles. The van der Waals surface area contributed by atoms with Crippen LogP contribution in [0.4, 0.5) is 0 Å². The number of nitrogens with one attached hydrogen (secondary N) is 1. The Morgan fingerprint density at radius 1 is 0.923 bits per heavy atom. The van der Waals surface area contributed by atoms with Gasteiger partial charge in [-0.2, -0.15) is 0 Å². The Labute approximate surface area is 156 Å². The molecule has 1 aromatic rings. The van der Waals surface area contributed by atoms with Crippen LogP contribution in [0.2, 0.25) is 0 Å². The van der Waals surface area contributed by atoms with Crippen molar-refractivity contribution >= 4 is 11.9 Å². The minimum atomic E-state index is -0.851. The van der Waals surface area contributed by atoms with Crippen LogP contribution < -0.4 is 5.32 Å². The molecule has 0 saturated heterocycles. The van der Waals surface area contributed by atoms with Gasteiger partial charge in [0.2, 0.25) is 0 Å². The molecular formula is C20H31NO5. The maximum Gasteiger partial charge on any atom is 0.337 e. The van der Waals surface area contributed by atoms with Crippen LogP contribution in [-0.4, -0.2) is 43.9 Å². The lowest BCUT2D eigenvalue weighted by molar-refractivity contribution is -0.160. The summed E-state index contributed by atoms with van der Waals surface area (Å²) in [6.45, 7) is 8.28. The standard InChI is InChI=1S/C20H31NO5/c1-5-12-16(19(22)25-7-3)21-17(15-13-10-9-11-14-15)18(24-6-2)20(23)26-8-4/h9-11,13-14,16-18,21H,5-8,12H2,1-4H3/t16-,17+,18-/m0/s1. The number of carbonyl (C=O) groups excluding carboxylic acids is 2. The number of hydrogen-bond donors (Lipinski definition) is 1. The van der Waals surface area contributed by atoms with Crippen molar-refractivity contribution < 1.29 is 23.8 Å². The molecular weight excluding hydrogens is 334 g/mol. The number of rotatable bonds is 12. The maximum absolute atomic E-state index is 12.5. The van der Waals surface area contributed by atoms with Gasteiger partial charge in [-0.25, -0.2) is 4.79 Å². The highest BCUT2D eigenvalue weighted by molar-refractivity contribution is 5.78. The Morgan fingerprint density at radius 3 is 2.08 bits per heavy atom. The third-order valence-electron chi connectivity index (χ3n) is 3.86. The minimum Gasteiger partial charge on any atom is -0.465 e. The van der Waals surface area contributed by atoms with E-state index in [1.54, 1.807) is 13.8 Å². The Balaban J connectivity index is 3.17. The Bertz CT molecular complexity index is 534. The highest BCUT2D eigenvalue weighted by Gasteiger charge is 2.34. The molecule has 1 aromatic carbocycles. The summed E-state index contributed by atoms with van der Waals surface area (Å²) in [6.07, 6.45) is 0.553. The molecule has 0 amide bonds. The lowest BCUT2D eigenvalue weighted by atomic mass is 9.99. The first-order valence-electron chi connectivity index (χ1n) is 9.34. The highest BCUT2D eigenvalue weighted by atomic mass is 16.6. The van der Waals surface area contributed by atoms with Gasteiger partial charge in [0.15, 0.2) is 6.10 Å². The maximum atomic E-state index is 12.5. The SMILES string of the molecule is CCC[C@H](N[C@H](c1ccccc1)[C@H](OCC)C(=O)OCC)C(=O)OCC. The zero-order valence-corrected chi connectivity index (χ0v) is 16.2. The summed E-state index contributed by atoms with van der Waals surface area (Å²) in [6, 6.07) is 8.43. The molecule has 26 heavy (non-hydrogen) atoms. The molecule has 0 heterocycles. The van der Waals surface area contributed by atoms with Gasteiger partial charge in [-0.15, -0.1) is 0 Å². The minimum absolute atomic E-state index is 0.264. The van der Waals surface area contributed by atoms with Crippen LogP contribution in [0.1, 0.15) is 52.1 Å². The second-order valence-electron chi connectivity index (χ2n) is 5.78. The fourth-order valence-electron chi connectivity index (χ4n) is 2.74. The van der Waals surface area contributed by atoms with Crippen molar-refractivity contribution in [3.05, 3.63) is 35.9 Å². The van der Waals surface area contributed by atoms with Crippen molar-refractivity contribution in [1.82, 2.24) is 5.32 Å². The zero-order chi connectivity index (χ0) is 19.4. The van der Waals surface area contributed by atoms with E-state index < -0.39 is 24.2 Å². The van der Waals surface area contributed by atoms with Crippen LogP contribution in [0.5, 0.6) is 0 Å². The quantitative estimate of drug-likeness (QED) is 0.574. The molecule has 0 aliphatic rings. The molecule has 0 radical (unpaired) electrons.